The number of hydrogen-bond donors (Lipinski definition) is 2. The fourth-order valence-electron chi connectivity index (χ4n) is 4.47. The van der Waals surface area contributed by atoms with Gasteiger partial charge in [-0.05, 0) is 35.4 Å². The highest BCUT2D eigenvalue weighted by Crippen LogP contribution is 2.44. The number of aromatic hydroxyl groups is 2. The van der Waals surface area contributed by atoms with Crippen LogP contribution in [0.1, 0.15) is 35.6 Å². The van der Waals surface area contributed by atoms with Crippen molar-refractivity contribution in [3.63, 3.8) is 0 Å². The Bertz CT molecular complexity index is 1240. The molecule has 0 bridgehead atoms. The van der Waals surface area contributed by atoms with Crippen molar-refractivity contribution in [1.29, 1.82) is 0 Å². The van der Waals surface area contributed by atoms with Crippen LogP contribution < -0.4 is 0 Å². The van der Waals surface area contributed by atoms with E-state index in [9.17, 15) is 28.2 Å². The van der Waals surface area contributed by atoms with Crippen molar-refractivity contribution in [1.82, 2.24) is 0 Å². The molecule has 200 valence electrons. The van der Waals surface area contributed by atoms with E-state index >= 15 is 0 Å². The summed E-state index contributed by atoms with van der Waals surface area (Å²) < 4.78 is 59.6. The van der Waals surface area contributed by atoms with Crippen molar-refractivity contribution in [2.45, 2.75) is 42.9 Å². The molecule has 1 heterocycles. The van der Waals surface area contributed by atoms with Crippen molar-refractivity contribution in [2.24, 2.45) is 0 Å². The van der Waals surface area contributed by atoms with Gasteiger partial charge in [-0.2, -0.15) is 13.2 Å². The van der Waals surface area contributed by atoms with E-state index in [1.807, 2.05) is 0 Å². The molecule has 0 aromatic heterocycles. The standard InChI is InChI=1S/C29H27F3O6/c1-36-28(29(30,31)32,21-5-3-2-4-6-21)27(35)38-25-17-24(16-9-19-7-12-22(33)13-8-19)37-26(18-25)20-10-14-23(34)15-11-20/h2-16,24-26,33-34H,17-18H2,1H3/b16-9+/t24-,25-,26-,28+/m0/s1. The Balaban J connectivity index is 1.62. The Morgan fingerprint density at radius 1 is 0.921 bits per heavy atom. The maximum Gasteiger partial charge on any atom is 0.432 e. The van der Waals surface area contributed by atoms with Crippen molar-refractivity contribution >= 4 is 12.0 Å². The lowest BCUT2D eigenvalue weighted by molar-refractivity contribution is -0.279. The minimum absolute atomic E-state index is 0.0502. The summed E-state index contributed by atoms with van der Waals surface area (Å²) >= 11 is 0. The molecule has 0 unspecified atom stereocenters. The zero-order valence-electron chi connectivity index (χ0n) is 20.5. The summed E-state index contributed by atoms with van der Waals surface area (Å²) in [5, 5.41) is 19.1. The van der Waals surface area contributed by atoms with E-state index in [1.165, 1.54) is 54.6 Å². The van der Waals surface area contributed by atoms with Gasteiger partial charge in [0.1, 0.15) is 17.6 Å². The Labute approximate surface area is 217 Å². The summed E-state index contributed by atoms with van der Waals surface area (Å²) in [5.41, 5.74) is -2.24. The number of hydrogen-bond acceptors (Lipinski definition) is 6. The van der Waals surface area contributed by atoms with E-state index in [4.69, 9.17) is 14.2 Å². The number of benzene rings is 3. The highest BCUT2D eigenvalue weighted by molar-refractivity contribution is 5.83. The monoisotopic (exact) mass is 528 g/mol. The predicted molar refractivity (Wildman–Crippen MR) is 133 cm³/mol. The van der Waals surface area contributed by atoms with E-state index in [1.54, 1.807) is 36.4 Å². The van der Waals surface area contributed by atoms with Crippen molar-refractivity contribution in [3.05, 3.63) is 102 Å². The second-order valence-electron chi connectivity index (χ2n) is 8.95. The number of esters is 1. The molecule has 3 aromatic rings. The van der Waals surface area contributed by atoms with Gasteiger partial charge in [0.15, 0.2) is 0 Å². The molecule has 38 heavy (non-hydrogen) atoms. The second kappa shape index (κ2) is 11.3. The third-order valence-corrected chi connectivity index (χ3v) is 6.42. The van der Waals surface area contributed by atoms with Crippen molar-refractivity contribution in [3.8, 4) is 11.5 Å². The number of halogens is 3. The van der Waals surface area contributed by atoms with Crippen LogP contribution in [0.25, 0.3) is 6.08 Å². The average Bonchev–Trinajstić information content (AvgIpc) is 2.89. The normalized spacial score (nSPS) is 21.6. The van der Waals surface area contributed by atoms with Crippen molar-refractivity contribution < 1.29 is 42.4 Å². The van der Waals surface area contributed by atoms with E-state index < -0.39 is 36.1 Å². The van der Waals surface area contributed by atoms with E-state index in [-0.39, 0.29) is 29.9 Å². The molecular weight excluding hydrogens is 501 g/mol. The molecule has 0 aliphatic carbocycles. The van der Waals surface area contributed by atoms with Crippen LogP contribution in [0, 0.1) is 0 Å². The van der Waals surface area contributed by atoms with Gasteiger partial charge in [0.05, 0.1) is 12.2 Å². The van der Waals surface area contributed by atoms with Gasteiger partial charge < -0.3 is 24.4 Å². The maximum absolute atomic E-state index is 14.4. The lowest BCUT2D eigenvalue weighted by Crippen LogP contribution is -2.53. The minimum atomic E-state index is -5.08. The molecule has 0 radical (unpaired) electrons. The molecule has 1 aliphatic heterocycles. The Hall–Kier alpha value is -3.82. The lowest BCUT2D eigenvalue weighted by Gasteiger charge is -2.37. The topological polar surface area (TPSA) is 85.2 Å². The van der Waals surface area contributed by atoms with E-state index in [0.717, 1.165) is 12.7 Å². The van der Waals surface area contributed by atoms with Crippen LogP contribution in [0.15, 0.2) is 84.9 Å². The largest absolute Gasteiger partial charge is 0.508 e. The molecule has 4 atom stereocenters. The molecule has 4 rings (SSSR count). The first-order valence-corrected chi connectivity index (χ1v) is 11.9. The van der Waals surface area contributed by atoms with Crippen LogP contribution in [-0.4, -0.2) is 41.7 Å². The first kappa shape index (κ1) is 27.2. The maximum atomic E-state index is 14.4. The number of methoxy groups -OCH3 is 1. The highest BCUT2D eigenvalue weighted by Gasteiger charge is 2.64. The summed E-state index contributed by atoms with van der Waals surface area (Å²) in [4.78, 5) is 13.2. The molecule has 1 saturated heterocycles. The Morgan fingerprint density at radius 2 is 1.53 bits per heavy atom. The molecule has 0 saturated carbocycles. The van der Waals surface area contributed by atoms with Crippen molar-refractivity contribution in [2.75, 3.05) is 7.11 Å². The minimum Gasteiger partial charge on any atom is -0.508 e. The third kappa shape index (κ3) is 5.84. The van der Waals surface area contributed by atoms with Gasteiger partial charge in [0, 0.05) is 25.5 Å². The fraction of sp³-hybridized carbons (Fsp3) is 0.276. The zero-order chi connectivity index (χ0) is 27.3. The summed E-state index contributed by atoms with van der Waals surface area (Å²) in [7, 11) is 0.828. The zero-order valence-corrected chi connectivity index (χ0v) is 20.5. The SMILES string of the molecule is CO[C@@](C(=O)O[C@@H]1C[C@@H](c2ccc(O)cc2)O[C@@H](/C=C/c2ccc(O)cc2)C1)(c1ccccc1)C(F)(F)F. The molecular formula is C29H27F3O6. The number of alkyl halides is 3. The van der Waals surface area contributed by atoms with Gasteiger partial charge in [0.2, 0.25) is 0 Å². The van der Waals surface area contributed by atoms with Gasteiger partial charge in [-0.3, -0.25) is 0 Å². The number of ether oxygens (including phenoxy) is 3. The number of phenols is 2. The van der Waals surface area contributed by atoms with Gasteiger partial charge in [-0.25, -0.2) is 4.79 Å². The second-order valence-corrected chi connectivity index (χ2v) is 8.95. The number of carbonyl (C=O) groups is 1. The van der Waals surface area contributed by atoms with Crippen LogP contribution in [-0.2, 0) is 24.6 Å². The first-order valence-electron chi connectivity index (χ1n) is 11.9. The molecule has 0 spiro atoms. The first-order chi connectivity index (χ1) is 18.1. The fourth-order valence-corrected chi connectivity index (χ4v) is 4.47. The van der Waals surface area contributed by atoms with Crippen LogP contribution in [0.2, 0.25) is 0 Å². The summed E-state index contributed by atoms with van der Waals surface area (Å²) in [6.07, 6.45) is -3.53. The number of phenolic OH excluding ortho intramolecular Hbond substituents is 2. The van der Waals surface area contributed by atoms with Crippen LogP contribution >= 0.6 is 0 Å². The van der Waals surface area contributed by atoms with Gasteiger partial charge in [-0.1, -0.05) is 66.7 Å². The summed E-state index contributed by atoms with van der Waals surface area (Å²) in [6, 6.07) is 19.3. The molecule has 0 amide bonds. The van der Waals surface area contributed by atoms with Crippen LogP contribution in [0.5, 0.6) is 11.5 Å². The highest BCUT2D eigenvalue weighted by atomic mass is 19.4. The molecule has 1 fully saturated rings. The Morgan fingerprint density at radius 3 is 2.11 bits per heavy atom. The van der Waals surface area contributed by atoms with Gasteiger partial charge in [-0.15, -0.1) is 0 Å². The molecule has 3 aromatic carbocycles. The molecule has 2 N–H and O–H groups in total. The van der Waals surface area contributed by atoms with E-state index in [2.05, 4.69) is 0 Å². The van der Waals surface area contributed by atoms with Gasteiger partial charge >= 0.3 is 12.1 Å². The molecule has 6 nitrogen and oxygen atoms in total. The number of carbonyl (C=O) groups excluding carboxylic acids is 1. The smallest absolute Gasteiger partial charge is 0.432 e. The predicted octanol–water partition coefficient (Wildman–Crippen LogP) is 6.05. The average molecular weight is 529 g/mol. The molecule has 1 aliphatic rings. The van der Waals surface area contributed by atoms with Gasteiger partial charge in [0.25, 0.3) is 5.60 Å². The lowest BCUT2D eigenvalue weighted by atomic mass is 9.91. The molecule has 9 heteroatoms. The quantitative estimate of drug-likeness (QED) is 0.364. The summed E-state index contributed by atoms with van der Waals surface area (Å²) in [6.45, 7) is 0. The number of rotatable bonds is 7. The third-order valence-electron chi connectivity index (χ3n) is 6.42. The van der Waals surface area contributed by atoms with Crippen LogP contribution in [0.3, 0.4) is 0 Å². The van der Waals surface area contributed by atoms with E-state index in [0.29, 0.717) is 5.56 Å². The Kier molecular flexibility index (Phi) is 8.08. The summed E-state index contributed by atoms with van der Waals surface area (Å²) in [5.74, 6) is -1.40. The van der Waals surface area contributed by atoms with Crippen LogP contribution in [0.4, 0.5) is 13.2 Å².